The van der Waals surface area contributed by atoms with E-state index in [1.54, 1.807) is 20.8 Å². The van der Waals surface area contributed by atoms with Crippen molar-refractivity contribution >= 4 is 18.0 Å². The van der Waals surface area contributed by atoms with Crippen LogP contribution in [0.25, 0.3) is 0 Å². The number of carbonyl (C=O) groups excluding carboxylic acids is 3. The summed E-state index contributed by atoms with van der Waals surface area (Å²) >= 11 is 0. The van der Waals surface area contributed by atoms with Gasteiger partial charge in [-0.05, 0) is 136 Å². The van der Waals surface area contributed by atoms with Crippen molar-refractivity contribution in [3.8, 4) is 0 Å². The summed E-state index contributed by atoms with van der Waals surface area (Å²) in [6.07, 6.45) is 10.5. The third kappa shape index (κ3) is 6.33. The molecule has 0 saturated heterocycles. The van der Waals surface area contributed by atoms with Gasteiger partial charge in [0.25, 0.3) is 0 Å². The standard InChI is InChI=1S/C42H69NO7/c1-25(2)33(43-36(47)50-37(5,6)7)34(45)48-23-24-49-35(46)42-20-15-26(3)27(4)32(42)28-13-14-30-39(10)18-17-31(44)38(8,9)29(39)16-19-41(30,12)40(28,11)21-22-42/h13,25-27,29-33,44H,14-24H2,1-12H3,(H,43,47)/t26-,27+,29?,30-,31+,32+,33+,39+,40-,41-,42+/m1/s1. The summed E-state index contributed by atoms with van der Waals surface area (Å²) in [6, 6.07) is -0.870. The number of fused-ring (bicyclic) bond motifs is 7. The molecule has 4 saturated carbocycles. The van der Waals surface area contributed by atoms with E-state index in [0.717, 1.165) is 57.8 Å². The molecule has 1 amide bonds. The number of rotatable bonds is 7. The molecule has 4 fully saturated rings. The van der Waals surface area contributed by atoms with Gasteiger partial charge in [-0.2, -0.15) is 0 Å². The fraction of sp³-hybridized carbons (Fsp3) is 0.881. The van der Waals surface area contributed by atoms with Gasteiger partial charge in [-0.15, -0.1) is 0 Å². The number of hydrogen-bond donors (Lipinski definition) is 2. The highest BCUT2D eigenvalue weighted by Gasteiger charge is 2.69. The zero-order chi connectivity index (χ0) is 37.2. The molecule has 5 rings (SSSR count). The first kappa shape index (κ1) is 39.1. The zero-order valence-corrected chi connectivity index (χ0v) is 33.4. The molecule has 284 valence electrons. The van der Waals surface area contributed by atoms with E-state index in [1.807, 2.05) is 13.8 Å². The maximum absolute atomic E-state index is 14.4. The van der Waals surface area contributed by atoms with Crippen LogP contribution in [0.1, 0.15) is 141 Å². The number of ether oxygens (including phenoxy) is 3. The summed E-state index contributed by atoms with van der Waals surface area (Å²) < 4.78 is 16.9. The number of allylic oxidation sites excluding steroid dienone is 2. The van der Waals surface area contributed by atoms with Crippen LogP contribution < -0.4 is 5.32 Å². The molecule has 2 N–H and O–H groups in total. The normalized spacial score (nSPS) is 41.3. The van der Waals surface area contributed by atoms with E-state index in [1.165, 1.54) is 5.57 Å². The van der Waals surface area contributed by atoms with E-state index in [-0.39, 0.29) is 58.8 Å². The van der Waals surface area contributed by atoms with Crippen molar-refractivity contribution in [3.05, 3.63) is 11.6 Å². The Morgan fingerprint density at radius 1 is 0.900 bits per heavy atom. The molecule has 50 heavy (non-hydrogen) atoms. The van der Waals surface area contributed by atoms with Crippen molar-refractivity contribution in [1.82, 2.24) is 5.32 Å². The third-order valence-corrected chi connectivity index (χ3v) is 15.5. The Hall–Kier alpha value is -2.09. The average Bonchev–Trinajstić information content (AvgIpc) is 3.01. The van der Waals surface area contributed by atoms with Gasteiger partial charge in [0, 0.05) is 0 Å². The van der Waals surface area contributed by atoms with Gasteiger partial charge in [0.05, 0.1) is 11.5 Å². The minimum absolute atomic E-state index is 0.00754. The maximum atomic E-state index is 14.4. The molecular weight excluding hydrogens is 630 g/mol. The van der Waals surface area contributed by atoms with Crippen molar-refractivity contribution in [1.29, 1.82) is 0 Å². The molecule has 0 spiro atoms. The maximum Gasteiger partial charge on any atom is 0.408 e. The second-order valence-corrected chi connectivity index (χ2v) is 19.9. The summed E-state index contributed by atoms with van der Waals surface area (Å²) in [5.74, 6) is 1.09. The van der Waals surface area contributed by atoms with Crippen LogP contribution in [0.4, 0.5) is 4.79 Å². The highest BCUT2D eigenvalue weighted by atomic mass is 16.6. The van der Waals surface area contributed by atoms with Crippen molar-refractivity contribution in [2.75, 3.05) is 13.2 Å². The van der Waals surface area contributed by atoms with E-state index < -0.39 is 29.1 Å². The Morgan fingerprint density at radius 3 is 2.20 bits per heavy atom. The lowest BCUT2D eigenvalue weighted by atomic mass is 9.33. The Labute approximate surface area is 302 Å². The fourth-order valence-electron chi connectivity index (χ4n) is 12.3. The van der Waals surface area contributed by atoms with E-state index in [0.29, 0.717) is 23.7 Å². The Bertz CT molecular complexity index is 1350. The molecule has 0 aromatic carbocycles. The monoisotopic (exact) mass is 700 g/mol. The summed E-state index contributed by atoms with van der Waals surface area (Å²) in [6.45, 7) is 25.8. The van der Waals surface area contributed by atoms with Gasteiger partial charge in [0.1, 0.15) is 24.9 Å². The van der Waals surface area contributed by atoms with Crippen LogP contribution in [0.3, 0.4) is 0 Å². The van der Waals surface area contributed by atoms with Gasteiger partial charge in [-0.25, -0.2) is 9.59 Å². The summed E-state index contributed by atoms with van der Waals surface area (Å²) in [5.41, 5.74) is 0.424. The van der Waals surface area contributed by atoms with Crippen molar-refractivity contribution in [3.63, 3.8) is 0 Å². The molecule has 0 aromatic heterocycles. The molecule has 0 aliphatic heterocycles. The van der Waals surface area contributed by atoms with Crippen LogP contribution >= 0.6 is 0 Å². The molecule has 0 radical (unpaired) electrons. The Morgan fingerprint density at radius 2 is 1.56 bits per heavy atom. The van der Waals surface area contributed by atoms with Crippen LogP contribution in [0.2, 0.25) is 0 Å². The number of aliphatic hydroxyl groups is 1. The number of aliphatic hydroxyl groups excluding tert-OH is 1. The van der Waals surface area contributed by atoms with Gasteiger partial charge in [0.15, 0.2) is 0 Å². The van der Waals surface area contributed by atoms with Crippen molar-refractivity contribution < 1.29 is 33.7 Å². The third-order valence-electron chi connectivity index (χ3n) is 15.5. The molecule has 8 nitrogen and oxygen atoms in total. The molecule has 0 heterocycles. The SMILES string of the molecule is CC(C)[C@H](NC(=O)OC(C)(C)C)C(=O)OCCOC(=O)[C@]12CC[C@@H](C)[C@H](C)[C@H]1C1=CC[C@@H]3[C@@]4(C)CC[C@H](O)C(C)(C)C4CC[C@@]3(C)[C@]1(C)CC2. The van der Waals surface area contributed by atoms with E-state index in [2.05, 4.69) is 59.9 Å². The second kappa shape index (κ2) is 13.4. The molecule has 5 aliphatic carbocycles. The predicted molar refractivity (Wildman–Crippen MR) is 195 cm³/mol. The molecule has 11 atom stereocenters. The lowest BCUT2D eigenvalue weighted by Gasteiger charge is -2.71. The first-order valence-electron chi connectivity index (χ1n) is 19.8. The van der Waals surface area contributed by atoms with Gasteiger partial charge in [-0.3, -0.25) is 4.79 Å². The number of nitrogens with one attached hydrogen (secondary N) is 1. The number of carbonyl (C=O) groups is 3. The molecule has 0 bridgehead atoms. The van der Waals surface area contributed by atoms with Gasteiger partial charge in [-0.1, -0.05) is 74.0 Å². The topological polar surface area (TPSA) is 111 Å². The Balaban J connectivity index is 1.33. The van der Waals surface area contributed by atoms with Gasteiger partial charge < -0.3 is 24.6 Å². The van der Waals surface area contributed by atoms with Crippen molar-refractivity contribution in [2.24, 2.45) is 62.6 Å². The highest BCUT2D eigenvalue weighted by molar-refractivity contribution is 5.82. The predicted octanol–water partition coefficient (Wildman–Crippen LogP) is 8.64. The quantitative estimate of drug-likeness (QED) is 0.118. The highest BCUT2D eigenvalue weighted by Crippen LogP contribution is 2.75. The van der Waals surface area contributed by atoms with Crippen molar-refractivity contribution in [2.45, 2.75) is 159 Å². The first-order chi connectivity index (χ1) is 23.0. The number of hydrogen-bond acceptors (Lipinski definition) is 7. The number of alkyl carbamates (subject to hydrolysis) is 1. The summed E-state index contributed by atoms with van der Waals surface area (Å²) in [7, 11) is 0. The molecular formula is C42H69NO7. The van der Waals surface area contributed by atoms with Gasteiger partial charge >= 0.3 is 18.0 Å². The van der Waals surface area contributed by atoms with Crippen LogP contribution in [-0.4, -0.2) is 54.1 Å². The lowest BCUT2D eigenvalue weighted by molar-refractivity contribution is -0.207. The zero-order valence-electron chi connectivity index (χ0n) is 33.4. The van der Waals surface area contributed by atoms with Crippen LogP contribution in [0, 0.1) is 62.6 Å². The Kier molecular flexibility index (Phi) is 10.5. The van der Waals surface area contributed by atoms with E-state index in [4.69, 9.17) is 14.2 Å². The lowest BCUT2D eigenvalue weighted by Crippen LogP contribution is -2.65. The minimum Gasteiger partial charge on any atom is -0.462 e. The van der Waals surface area contributed by atoms with Gasteiger partial charge in [0.2, 0.25) is 0 Å². The molecule has 8 heteroatoms. The van der Waals surface area contributed by atoms with Crippen LogP contribution in [0.15, 0.2) is 11.6 Å². The first-order valence-corrected chi connectivity index (χ1v) is 19.8. The van der Waals surface area contributed by atoms with Crippen LogP contribution in [0.5, 0.6) is 0 Å². The average molecular weight is 700 g/mol. The smallest absolute Gasteiger partial charge is 0.408 e. The molecule has 1 unspecified atom stereocenters. The van der Waals surface area contributed by atoms with E-state index >= 15 is 0 Å². The number of esters is 2. The summed E-state index contributed by atoms with van der Waals surface area (Å²) in [5, 5.41) is 13.7. The molecule has 5 aliphatic rings. The second-order valence-electron chi connectivity index (χ2n) is 19.9. The van der Waals surface area contributed by atoms with E-state index in [9.17, 15) is 19.5 Å². The largest absolute Gasteiger partial charge is 0.462 e. The van der Waals surface area contributed by atoms with Crippen LogP contribution in [-0.2, 0) is 23.8 Å². The minimum atomic E-state index is -0.870. The number of amides is 1. The molecule has 0 aromatic rings. The summed E-state index contributed by atoms with van der Waals surface area (Å²) in [4.78, 5) is 39.7. The fourth-order valence-corrected chi connectivity index (χ4v) is 12.3.